The molecule has 1 aromatic heterocycles. The number of carbonyl (C=O) groups excluding carboxylic acids is 1. The largest absolute Gasteiger partial charge is 0.330 e. The summed E-state index contributed by atoms with van der Waals surface area (Å²) in [5.74, 6) is 2.32. The van der Waals surface area contributed by atoms with Crippen LogP contribution in [0.1, 0.15) is 6.92 Å². The van der Waals surface area contributed by atoms with Crippen molar-refractivity contribution in [1.29, 1.82) is 0 Å². The lowest BCUT2D eigenvalue weighted by Gasteiger charge is -2.09. The van der Waals surface area contributed by atoms with Crippen molar-refractivity contribution in [3.8, 4) is 0 Å². The zero-order chi connectivity index (χ0) is 12.5. The molecule has 1 rings (SSSR count). The number of hydrogen-bond donors (Lipinski definition) is 3. The number of thioether (sulfide) groups is 1. The van der Waals surface area contributed by atoms with Crippen LogP contribution in [0, 0.1) is 5.92 Å². The third-order valence-corrected chi connectivity index (χ3v) is 3.30. The third-order valence-electron chi connectivity index (χ3n) is 2.03. The standard InChI is InChI=1S/C11H18N4OS/c1-9(6-12)7-17-8-11(16)15-14-10-4-2-3-5-13-10/h2-5,9H,6-8,12H2,1H3,(H,13,14)(H,15,16). The van der Waals surface area contributed by atoms with Crippen LogP contribution in [0.2, 0.25) is 0 Å². The van der Waals surface area contributed by atoms with Crippen LogP contribution in [0.3, 0.4) is 0 Å². The van der Waals surface area contributed by atoms with Crippen molar-refractivity contribution >= 4 is 23.5 Å². The van der Waals surface area contributed by atoms with Gasteiger partial charge in [0.15, 0.2) is 0 Å². The van der Waals surface area contributed by atoms with Crippen LogP contribution in [0.15, 0.2) is 24.4 Å². The molecule has 0 saturated carbocycles. The van der Waals surface area contributed by atoms with Crippen LogP contribution in [0.5, 0.6) is 0 Å². The minimum atomic E-state index is -0.0649. The predicted octanol–water partition coefficient (Wildman–Crippen LogP) is 0.853. The van der Waals surface area contributed by atoms with Gasteiger partial charge in [-0.15, -0.1) is 0 Å². The summed E-state index contributed by atoms with van der Waals surface area (Å²) >= 11 is 1.58. The summed E-state index contributed by atoms with van der Waals surface area (Å²) in [5.41, 5.74) is 10.8. The quantitative estimate of drug-likeness (QED) is 0.629. The van der Waals surface area contributed by atoms with Crippen molar-refractivity contribution in [3.05, 3.63) is 24.4 Å². The predicted molar refractivity (Wildman–Crippen MR) is 71.5 cm³/mol. The van der Waals surface area contributed by atoms with E-state index in [2.05, 4.69) is 22.8 Å². The second-order valence-corrected chi connectivity index (χ2v) is 4.77. The van der Waals surface area contributed by atoms with Gasteiger partial charge in [0.05, 0.1) is 5.75 Å². The van der Waals surface area contributed by atoms with E-state index in [4.69, 9.17) is 5.73 Å². The summed E-state index contributed by atoms with van der Waals surface area (Å²) in [5, 5.41) is 0. The fourth-order valence-corrected chi connectivity index (χ4v) is 1.94. The van der Waals surface area contributed by atoms with Crippen molar-refractivity contribution in [2.45, 2.75) is 6.92 Å². The Hall–Kier alpha value is -1.27. The Labute approximate surface area is 106 Å². The summed E-state index contributed by atoms with van der Waals surface area (Å²) in [6.45, 7) is 2.72. The molecule has 0 spiro atoms. The lowest BCUT2D eigenvalue weighted by Crippen LogP contribution is -2.31. The number of pyridine rings is 1. The first-order valence-electron chi connectivity index (χ1n) is 5.46. The van der Waals surface area contributed by atoms with Gasteiger partial charge in [-0.2, -0.15) is 11.8 Å². The van der Waals surface area contributed by atoms with Gasteiger partial charge < -0.3 is 5.73 Å². The maximum atomic E-state index is 11.4. The molecule has 1 unspecified atom stereocenters. The van der Waals surface area contributed by atoms with Gasteiger partial charge in [-0.25, -0.2) is 4.98 Å². The van der Waals surface area contributed by atoms with Crippen molar-refractivity contribution in [1.82, 2.24) is 10.4 Å². The smallest absolute Gasteiger partial charge is 0.248 e. The number of hydrazine groups is 1. The highest BCUT2D eigenvalue weighted by molar-refractivity contribution is 7.99. The summed E-state index contributed by atoms with van der Waals surface area (Å²) in [4.78, 5) is 15.5. The van der Waals surface area contributed by atoms with E-state index in [9.17, 15) is 4.79 Å². The molecule has 0 aliphatic heterocycles. The molecule has 1 amide bonds. The molecular weight excluding hydrogens is 236 g/mol. The molecule has 17 heavy (non-hydrogen) atoms. The minimum Gasteiger partial charge on any atom is -0.330 e. The molecule has 1 atom stereocenters. The van der Waals surface area contributed by atoms with Gasteiger partial charge in [-0.05, 0) is 30.3 Å². The summed E-state index contributed by atoms with van der Waals surface area (Å²) in [6, 6.07) is 5.44. The van der Waals surface area contributed by atoms with Crippen molar-refractivity contribution in [2.75, 3.05) is 23.5 Å². The Balaban J connectivity index is 2.13. The molecule has 6 heteroatoms. The van der Waals surface area contributed by atoms with Gasteiger partial charge in [0.25, 0.3) is 0 Å². The number of carbonyl (C=O) groups is 1. The maximum Gasteiger partial charge on any atom is 0.248 e. The highest BCUT2D eigenvalue weighted by Crippen LogP contribution is 2.06. The Kier molecular flexibility index (Phi) is 6.42. The van der Waals surface area contributed by atoms with E-state index in [0.717, 1.165) is 5.75 Å². The summed E-state index contributed by atoms with van der Waals surface area (Å²) < 4.78 is 0. The minimum absolute atomic E-state index is 0.0649. The molecule has 0 aliphatic carbocycles. The number of anilines is 1. The molecule has 5 nitrogen and oxygen atoms in total. The number of nitrogens with one attached hydrogen (secondary N) is 2. The topological polar surface area (TPSA) is 80.0 Å². The van der Waals surface area contributed by atoms with Crippen molar-refractivity contribution in [3.63, 3.8) is 0 Å². The second-order valence-electron chi connectivity index (χ2n) is 3.74. The Morgan fingerprint density at radius 3 is 3.06 bits per heavy atom. The van der Waals surface area contributed by atoms with Crippen LogP contribution in [-0.4, -0.2) is 28.9 Å². The van der Waals surface area contributed by atoms with Gasteiger partial charge in [0.2, 0.25) is 5.91 Å². The number of hydrogen-bond acceptors (Lipinski definition) is 5. The molecule has 1 heterocycles. The number of nitrogens with two attached hydrogens (primary N) is 1. The third kappa shape index (κ3) is 6.13. The van der Waals surface area contributed by atoms with Gasteiger partial charge >= 0.3 is 0 Å². The average Bonchev–Trinajstić information content (AvgIpc) is 2.37. The van der Waals surface area contributed by atoms with E-state index < -0.39 is 0 Å². The summed E-state index contributed by atoms with van der Waals surface area (Å²) in [6.07, 6.45) is 1.66. The van der Waals surface area contributed by atoms with E-state index in [0.29, 0.717) is 24.0 Å². The maximum absolute atomic E-state index is 11.4. The zero-order valence-electron chi connectivity index (χ0n) is 9.85. The van der Waals surface area contributed by atoms with Crippen molar-refractivity contribution in [2.24, 2.45) is 11.7 Å². The van der Waals surface area contributed by atoms with Crippen LogP contribution in [-0.2, 0) is 4.79 Å². The lowest BCUT2D eigenvalue weighted by molar-refractivity contribution is -0.118. The zero-order valence-corrected chi connectivity index (χ0v) is 10.7. The fraction of sp³-hybridized carbons (Fsp3) is 0.455. The van der Waals surface area contributed by atoms with E-state index in [1.54, 1.807) is 24.0 Å². The highest BCUT2D eigenvalue weighted by atomic mass is 32.2. The van der Waals surface area contributed by atoms with E-state index in [-0.39, 0.29) is 5.91 Å². The molecular formula is C11H18N4OS. The van der Waals surface area contributed by atoms with Crippen LogP contribution in [0.4, 0.5) is 5.82 Å². The van der Waals surface area contributed by atoms with E-state index in [1.165, 1.54) is 0 Å². The normalized spacial score (nSPS) is 11.9. The summed E-state index contributed by atoms with van der Waals surface area (Å²) in [7, 11) is 0. The van der Waals surface area contributed by atoms with Gasteiger partial charge in [-0.1, -0.05) is 13.0 Å². The Morgan fingerprint density at radius 1 is 1.59 bits per heavy atom. The SMILES string of the molecule is CC(CN)CSCC(=O)NNc1ccccn1. The van der Waals surface area contributed by atoms with Crippen LogP contribution < -0.4 is 16.6 Å². The van der Waals surface area contributed by atoms with Crippen molar-refractivity contribution < 1.29 is 4.79 Å². The molecule has 4 N–H and O–H groups in total. The fourth-order valence-electron chi connectivity index (χ4n) is 1.03. The molecule has 0 fully saturated rings. The molecule has 94 valence electrons. The van der Waals surface area contributed by atoms with Gasteiger partial charge in [0, 0.05) is 6.20 Å². The van der Waals surface area contributed by atoms with Gasteiger partial charge in [0.1, 0.15) is 5.82 Å². The van der Waals surface area contributed by atoms with Crippen LogP contribution in [0.25, 0.3) is 0 Å². The first kappa shape index (κ1) is 13.8. The first-order valence-corrected chi connectivity index (χ1v) is 6.61. The Morgan fingerprint density at radius 2 is 2.41 bits per heavy atom. The van der Waals surface area contributed by atoms with Crippen LogP contribution >= 0.6 is 11.8 Å². The number of rotatable bonds is 7. The molecule has 0 saturated heterocycles. The number of amides is 1. The number of nitrogens with zero attached hydrogens (tertiary/aromatic N) is 1. The molecule has 0 radical (unpaired) electrons. The molecule has 0 aromatic carbocycles. The first-order chi connectivity index (χ1) is 8.22. The lowest BCUT2D eigenvalue weighted by atomic mass is 10.2. The van der Waals surface area contributed by atoms with E-state index >= 15 is 0 Å². The number of aromatic nitrogens is 1. The molecule has 0 bridgehead atoms. The highest BCUT2D eigenvalue weighted by Gasteiger charge is 2.04. The second kappa shape index (κ2) is 7.92. The molecule has 1 aromatic rings. The van der Waals surface area contributed by atoms with E-state index in [1.807, 2.05) is 12.1 Å². The van der Waals surface area contributed by atoms with Gasteiger partial charge in [-0.3, -0.25) is 15.6 Å². The monoisotopic (exact) mass is 254 g/mol. The molecule has 0 aliphatic rings. The average molecular weight is 254 g/mol. The Bertz CT molecular complexity index is 334.